The predicted molar refractivity (Wildman–Crippen MR) is 77.9 cm³/mol. The van der Waals surface area contributed by atoms with Crippen LogP contribution in [0.15, 0.2) is 35.7 Å². The molecule has 1 fully saturated rings. The summed E-state index contributed by atoms with van der Waals surface area (Å²) in [5, 5.41) is 2.03. The molecule has 2 heteroatoms. The minimum absolute atomic E-state index is 0.251. The number of ketones is 1. The van der Waals surface area contributed by atoms with Gasteiger partial charge in [-0.05, 0) is 59.7 Å². The summed E-state index contributed by atoms with van der Waals surface area (Å²) in [6.07, 6.45) is 2.33. The zero-order valence-corrected chi connectivity index (χ0v) is 11.7. The number of hydrogen-bond donors (Lipinski definition) is 0. The minimum Gasteiger partial charge on any atom is -0.293 e. The van der Waals surface area contributed by atoms with Crippen LogP contribution in [-0.4, -0.2) is 5.78 Å². The summed E-state index contributed by atoms with van der Waals surface area (Å²) in [6, 6.07) is 10.7. The summed E-state index contributed by atoms with van der Waals surface area (Å²) in [5.74, 6) is 1.74. The third-order valence-electron chi connectivity index (χ3n) is 4.72. The van der Waals surface area contributed by atoms with Crippen molar-refractivity contribution < 1.29 is 4.79 Å². The summed E-state index contributed by atoms with van der Waals surface area (Å²) < 4.78 is 0. The maximum atomic E-state index is 12.7. The van der Waals surface area contributed by atoms with E-state index >= 15 is 0 Å². The quantitative estimate of drug-likeness (QED) is 0.745. The maximum absolute atomic E-state index is 12.7. The molecule has 0 radical (unpaired) electrons. The second kappa shape index (κ2) is 4.04. The van der Waals surface area contributed by atoms with Crippen LogP contribution < -0.4 is 0 Å². The first-order chi connectivity index (χ1) is 9.27. The number of hydrogen-bond acceptors (Lipinski definition) is 2. The number of carbonyl (C=O) groups is 1. The van der Waals surface area contributed by atoms with Gasteiger partial charge < -0.3 is 0 Å². The Morgan fingerprint density at radius 3 is 2.89 bits per heavy atom. The number of rotatable bonds is 2. The van der Waals surface area contributed by atoms with Crippen molar-refractivity contribution in [1.29, 1.82) is 0 Å². The number of benzene rings is 1. The van der Waals surface area contributed by atoms with Crippen LogP contribution in [0.2, 0.25) is 0 Å². The summed E-state index contributed by atoms with van der Waals surface area (Å²) in [5.41, 5.74) is 4.04. The molecule has 3 unspecified atom stereocenters. The predicted octanol–water partition coefficient (Wildman–Crippen LogP) is 4.22. The lowest BCUT2D eigenvalue weighted by Gasteiger charge is -2.13. The Hall–Kier alpha value is -1.41. The first kappa shape index (κ1) is 11.4. The summed E-state index contributed by atoms with van der Waals surface area (Å²) in [6.45, 7) is 2.05. The van der Waals surface area contributed by atoms with Crippen molar-refractivity contribution >= 4 is 17.1 Å². The zero-order chi connectivity index (χ0) is 13.0. The standard InChI is InChI=1S/C17H16OS/c1-10-8-9-19-17(10)16(18)15-13-7-6-11-4-2-3-5-12(11)14(13)15/h2-5,8-9,13-15H,6-7H2,1H3. The average molecular weight is 268 g/mol. The highest BCUT2D eigenvalue weighted by Crippen LogP contribution is 2.61. The molecule has 0 amide bonds. The van der Waals surface area contributed by atoms with Crippen LogP contribution in [-0.2, 0) is 6.42 Å². The Morgan fingerprint density at radius 1 is 1.26 bits per heavy atom. The molecule has 1 aromatic carbocycles. The van der Waals surface area contributed by atoms with E-state index in [2.05, 4.69) is 30.3 Å². The van der Waals surface area contributed by atoms with E-state index in [1.807, 2.05) is 12.3 Å². The van der Waals surface area contributed by atoms with E-state index in [1.165, 1.54) is 17.5 Å². The molecule has 1 saturated carbocycles. The van der Waals surface area contributed by atoms with Gasteiger partial charge in [-0.3, -0.25) is 4.79 Å². The lowest BCUT2D eigenvalue weighted by atomic mass is 9.92. The van der Waals surface area contributed by atoms with Gasteiger partial charge in [0.15, 0.2) is 5.78 Å². The van der Waals surface area contributed by atoms with Gasteiger partial charge in [0, 0.05) is 5.92 Å². The summed E-state index contributed by atoms with van der Waals surface area (Å²) in [7, 11) is 0. The Labute approximate surface area is 117 Å². The largest absolute Gasteiger partial charge is 0.293 e. The van der Waals surface area contributed by atoms with E-state index in [0.717, 1.165) is 16.9 Å². The molecule has 1 aromatic heterocycles. The molecule has 1 nitrogen and oxygen atoms in total. The fourth-order valence-electron chi connectivity index (χ4n) is 3.70. The SMILES string of the molecule is Cc1ccsc1C(=O)C1C2CCc3ccccc3C21. The van der Waals surface area contributed by atoms with E-state index in [4.69, 9.17) is 0 Å². The van der Waals surface area contributed by atoms with E-state index < -0.39 is 0 Å². The number of aryl methyl sites for hydroxylation is 2. The number of fused-ring (bicyclic) bond motifs is 3. The van der Waals surface area contributed by atoms with Gasteiger partial charge in [0.2, 0.25) is 0 Å². The van der Waals surface area contributed by atoms with Crippen molar-refractivity contribution in [1.82, 2.24) is 0 Å². The molecule has 4 rings (SSSR count). The minimum atomic E-state index is 0.251. The molecule has 3 atom stereocenters. The first-order valence-electron chi connectivity index (χ1n) is 6.93. The van der Waals surface area contributed by atoms with Gasteiger partial charge in [-0.2, -0.15) is 0 Å². The molecular weight excluding hydrogens is 252 g/mol. The monoisotopic (exact) mass is 268 g/mol. The van der Waals surface area contributed by atoms with Crippen LogP contribution in [0.4, 0.5) is 0 Å². The molecule has 0 aliphatic heterocycles. The van der Waals surface area contributed by atoms with Crippen LogP contribution in [0.25, 0.3) is 0 Å². The fraction of sp³-hybridized carbons (Fsp3) is 0.353. The van der Waals surface area contributed by atoms with Crippen LogP contribution >= 0.6 is 11.3 Å². The molecule has 0 spiro atoms. The summed E-state index contributed by atoms with van der Waals surface area (Å²) >= 11 is 1.60. The Balaban J connectivity index is 1.68. The van der Waals surface area contributed by atoms with Crippen molar-refractivity contribution in [2.24, 2.45) is 11.8 Å². The van der Waals surface area contributed by atoms with Crippen LogP contribution in [0.5, 0.6) is 0 Å². The highest BCUT2D eigenvalue weighted by molar-refractivity contribution is 7.12. The van der Waals surface area contributed by atoms with Gasteiger partial charge >= 0.3 is 0 Å². The molecule has 0 bridgehead atoms. The Morgan fingerprint density at radius 2 is 2.11 bits per heavy atom. The van der Waals surface area contributed by atoms with Crippen molar-refractivity contribution in [3.05, 3.63) is 57.3 Å². The highest BCUT2D eigenvalue weighted by atomic mass is 32.1. The normalized spacial score (nSPS) is 27.5. The van der Waals surface area contributed by atoms with Crippen LogP contribution in [0.1, 0.15) is 38.7 Å². The molecular formula is C17H16OS. The van der Waals surface area contributed by atoms with E-state index in [1.54, 1.807) is 11.3 Å². The van der Waals surface area contributed by atoms with Gasteiger partial charge in [0.25, 0.3) is 0 Å². The number of thiophene rings is 1. The van der Waals surface area contributed by atoms with Gasteiger partial charge in [-0.15, -0.1) is 11.3 Å². The molecule has 1 heterocycles. The van der Waals surface area contributed by atoms with E-state index in [0.29, 0.717) is 17.6 Å². The van der Waals surface area contributed by atoms with Crippen LogP contribution in [0, 0.1) is 18.8 Å². The van der Waals surface area contributed by atoms with Crippen molar-refractivity contribution in [2.75, 3.05) is 0 Å². The third kappa shape index (κ3) is 1.63. The van der Waals surface area contributed by atoms with Gasteiger partial charge in [0.1, 0.15) is 0 Å². The van der Waals surface area contributed by atoms with Gasteiger partial charge in [-0.25, -0.2) is 0 Å². The Bertz CT molecular complexity index is 655. The smallest absolute Gasteiger partial charge is 0.177 e. The fourth-order valence-corrected chi connectivity index (χ4v) is 4.61. The first-order valence-corrected chi connectivity index (χ1v) is 7.81. The topological polar surface area (TPSA) is 17.1 Å². The van der Waals surface area contributed by atoms with Crippen molar-refractivity contribution in [3.8, 4) is 0 Å². The van der Waals surface area contributed by atoms with E-state index in [9.17, 15) is 4.79 Å². The second-order valence-electron chi connectivity index (χ2n) is 5.75. The molecule has 96 valence electrons. The molecule has 2 aliphatic carbocycles. The highest BCUT2D eigenvalue weighted by Gasteiger charge is 2.57. The molecule has 19 heavy (non-hydrogen) atoms. The van der Waals surface area contributed by atoms with Crippen molar-refractivity contribution in [3.63, 3.8) is 0 Å². The number of carbonyl (C=O) groups excluding carboxylic acids is 1. The number of Topliss-reactive ketones (excluding diaryl/α,β-unsaturated/α-hetero) is 1. The second-order valence-corrected chi connectivity index (χ2v) is 6.67. The van der Waals surface area contributed by atoms with Gasteiger partial charge in [-0.1, -0.05) is 24.3 Å². The third-order valence-corrected chi connectivity index (χ3v) is 5.75. The maximum Gasteiger partial charge on any atom is 0.177 e. The molecule has 0 saturated heterocycles. The van der Waals surface area contributed by atoms with E-state index in [-0.39, 0.29) is 5.92 Å². The Kier molecular flexibility index (Phi) is 2.43. The summed E-state index contributed by atoms with van der Waals surface area (Å²) in [4.78, 5) is 13.7. The van der Waals surface area contributed by atoms with Crippen molar-refractivity contribution in [2.45, 2.75) is 25.7 Å². The molecule has 2 aromatic rings. The van der Waals surface area contributed by atoms with Crippen LogP contribution in [0.3, 0.4) is 0 Å². The molecule has 2 aliphatic rings. The molecule has 0 N–H and O–H groups in total. The zero-order valence-electron chi connectivity index (χ0n) is 10.9. The average Bonchev–Trinajstić information content (AvgIpc) is 3.04. The van der Waals surface area contributed by atoms with Gasteiger partial charge in [0.05, 0.1) is 4.88 Å². The lowest BCUT2D eigenvalue weighted by Crippen LogP contribution is -2.03. The lowest BCUT2D eigenvalue weighted by molar-refractivity contribution is 0.0962.